The lowest BCUT2D eigenvalue weighted by atomic mass is 10.1. The molecule has 1 fully saturated rings. The molecule has 0 radical (unpaired) electrons. The Kier molecular flexibility index (Phi) is 7.12. The molecule has 1 amide bonds. The summed E-state index contributed by atoms with van der Waals surface area (Å²) in [5.74, 6) is -0.302. The maximum atomic E-state index is 12.9. The van der Waals surface area contributed by atoms with E-state index in [0.29, 0.717) is 11.3 Å². The number of nitrogens with zero attached hydrogens (tertiary/aromatic N) is 2. The van der Waals surface area contributed by atoms with Crippen LogP contribution in [0.15, 0.2) is 53.4 Å². The van der Waals surface area contributed by atoms with Crippen LogP contribution in [-0.4, -0.2) is 59.0 Å². The van der Waals surface area contributed by atoms with Gasteiger partial charge in [0.2, 0.25) is 10.0 Å². The van der Waals surface area contributed by atoms with E-state index in [1.165, 1.54) is 6.07 Å². The zero-order valence-electron chi connectivity index (χ0n) is 17.8. The summed E-state index contributed by atoms with van der Waals surface area (Å²) in [4.78, 5) is 17.3. The maximum Gasteiger partial charge on any atom is 0.251 e. The van der Waals surface area contributed by atoms with Crippen LogP contribution in [-0.2, 0) is 10.0 Å². The van der Waals surface area contributed by atoms with E-state index in [1.54, 1.807) is 19.1 Å². The van der Waals surface area contributed by atoms with Gasteiger partial charge in [-0.05, 0) is 37.7 Å². The number of amides is 1. The van der Waals surface area contributed by atoms with Gasteiger partial charge in [-0.2, -0.15) is 0 Å². The molecule has 2 aromatic rings. The summed E-state index contributed by atoms with van der Waals surface area (Å²) in [6.45, 7) is 7.12. The highest BCUT2D eigenvalue weighted by Gasteiger charge is 2.25. The van der Waals surface area contributed by atoms with E-state index in [0.717, 1.165) is 31.7 Å². The molecule has 0 saturated carbocycles. The summed E-state index contributed by atoms with van der Waals surface area (Å²) in [6.07, 6.45) is 0. The average Bonchev–Trinajstić information content (AvgIpc) is 2.74. The lowest BCUT2D eigenvalue weighted by Gasteiger charge is -2.35. The number of nitrogens with one attached hydrogen (secondary N) is 2. The minimum Gasteiger partial charge on any atom is -0.368 e. The Morgan fingerprint density at radius 3 is 2.37 bits per heavy atom. The molecule has 162 valence electrons. The highest BCUT2D eigenvalue weighted by atomic mass is 32.2. The molecule has 3 rings (SSSR count). The van der Waals surface area contributed by atoms with Crippen molar-refractivity contribution in [2.45, 2.75) is 24.8 Å². The van der Waals surface area contributed by atoms with E-state index >= 15 is 0 Å². The lowest BCUT2D eigenvalue weighted by Crippen LogP contribution is -2.45. The molecular formula is C22H30N4O3S. The van der Waals surface area contributed by atoms with Gasteiger partial charge in [0.15, 0.2) is 0 Å². The van der Waals surface area contributed by atoms with Crippen LogP contribution in [0, 0.1) is 0 Å². The SMILES string of the molecule is CCNS(=O)(=O)c1cc(C(=O)NC(C)c2ccccc2)ccc1N1CCN(C)CC1. The quantitative estimate of drug-likeness (QED) is 0.704. The molecule has 7 nitrogen and oxygen atoms in total. The molecule has 0 spiro atoms. The number of benzene rings is 2. The Balaban J connectivity index is 1.90. The molecule has 2 aromatic carbocycles. The summed E-state index contributed by atoms with van der Waals surface area (Å²) in [5, 5.41) is 2.95. The molecule has 30 heavy (non-hydrogen) atoms. The number of carbonyl (C=O) groups is 1. The number of piperazine rings is 1. The Bertz CT molecular complexity index is 971. The van der Waals surface area contributed by atoms with Crippen molar-refractivity contribution in [2.24, 2.45) is 0 Å². The molecule has 1 unspecified atom stereocenters. The normalized spacial score (nSPS) is 16.3. The van der Waals surface area contributed by atoms with Gasteiger partial charge in [0, 0.05) is 38.3 Å². The third kappa shape index (κ3) is 5.19. The number of sulfonamides is 1. The molecule has 1 heterocycles. The first-order chi connectivity index (χ1) is 14.3. The van der Waals surface area contributed by atoms with E-state index in [1.807, 2.05) is 37.3 Å². The lowest BCUT2D eigenvalue weighted by molar-refractivity contribution is 0.0939. The van der Waals surface area contributed by atoms with Crippen LogP contribution < -0.4 is 14.9 Å². The zero-order chi connectivity index (χ0) is 21.7. The molecule has 8 heteroatoms. The smallest absolute Gasteiger partial charge is 0.251 e. The van der Waals surface area contributed by atoms with Crippen LogP contribution >= 0.6 is 0 Å². The van der Waals surface area contributed by atoms with E-state index in [4.69, 9.17) is 0 Å². The standard InChI is InChI=1S/C22H30N4O3S/c1-4-23-30(28,29)21-16-19(10-11-20(21)26-14-12-25(3)13-15-26)22(27)24-17(2)18-8-6-5-7-9-18/h5-11,16-17,23H,4,12-15H2,1-3H3,(H,24,27). The topological polar surface area (TPSA) is 81.7 Å². The van der Waals surface area contributed by atoms with Crippen molar-refractivity contribution in [3.63, 3.8) is 0 Å². The monoisotopic (exact) mass is 430 g/mol. The van der Waals surface area contributed by atoms with Gasteiger partial charge in [-0.1, -0.05) is 37.3 Å². The minimum atomic E-state index is -3.73. The van der Waals surface area contributed by atoms with Gasteiger partial charge in [0.25, 0.3) is 5.91 Å². The van der Waals surface area contributed by atoms with Gasteiger partial charge in [-0.3, -0.25) is 4.79 Å². The molecule has 1 saturated heterocycles. The van der Waals surface area contributed by atoms with Crippen molar-refractivity contribution in [3.05, 3.63) is 59.7 Å². The number of hydrogen-bond acceptors (Lipinski definition) is 5. The van der Waals surface area contributed by atoms with Crippen LogP contribution in [0.5, 0.6) is 0 Å². The second-order valence-corrected chi connectivity index (χ2v) is 9.32. The third-order valence-corrected chi connectivity index (χ3v) is 6.91. The number of rotatable bonds is 7. The first kappa shape index (κ1) is 22.3. The van der Waals surface area contributed by atoms with Gasteiger partial charge in [0.1, 0.15) is 4.90 Å². The van der Waals surface area contributed by atoms with E-state index in [-0.39, 0.29) is 23.4 Å². The fourth-order valence-corrected chi connectivity index (χ4v) is 4.84. The van der Waals surface area contributed by atoms with Crippen LogP contribution in [0.3, 0.4) is 0 Å². The van der Waals surface area contributed by atoms with Crippen LogP contribution in [0.25, 0.3) is 0 Å². The van der Waals surface area contributed by atoms with Gasteiger partial charge in [0.05, 0.1) is 11.7 Å². The van der Waals surface area contributed by atoms with E-state index in [9.17, 15) is 13.2 Å². The fourth-order valence-electron chi connectivity index (χ4n) is 3.55. The summed E-state index contributed by atoms with van der Waals surface area (Å²) in [7, 11) is -1.68. The second-order valence-electron chi connectivity index (χ2n) is 7.58. The Morgan fingerprint density at radius 2 is 1.73 bits per heavy atom. The first-order valence-electron chi connectivity index (χ1n) is 10.2. The third-order valence-electron chi connectivity index (χ3n) is 5.34. The number of hydrogen-bond donors (Lipinski definition) is 2. The Labute approximate surface area is 179 Å². The highest BCUT2D eigenvalue weighted by Crippen LogP contribution is 2.28. The average molecular weight is 431 g/mol. The maximum absolute atomic E-state index is 12.9. The summed E-state index contributed by atoms with van der Waals surface area (Å²) < 4.78 is 28.4. The predicted molar refractivity (Wildman–Crippen MR) is 119 cm³/mol. The molecular weight excluding hydrogens is 400 g/mol. The van der Waals surface area contributed by atoms with Crippen LogP contribution in [0.1, 0.15) is 35.8 Å². The molecule has 1 aliphatic heterocycles. The van der Waals surface area contributed by atoms with Gasteiger partial charge < -0.3 is 15.1 Å². The largest absolute Gasteiger partial charge is 0.368 e. The Hall–Kier alpha value is -2.42. The molecule has 0 aliphatic carbocycles. The zero-order valence-corrected chi connectivity index (χ0v) is 18.6. The van der Waals surface area contributed by atoms with Crippen LogP contribution in [0.4, 0.5) is 5.69 Å². The highest BCUT2D eigenvalue weighted by molar-refractivity contribution is 7.89. The van der Waals surface area contributed by atoms with Gasteiger partial charge >= 0.3 is 0 Å². The van der Waals surface area contributed by atoms with Gasteiger partial charge in [-0.25, -0.2) is 13.1 Å². The first-order valence-corrected chi connectivity index (χ1v) is 11.7. The van der Waals surface area contributed by atoms with Crippen LogP contribution in [0.2, 0.25) is 0 Å². The molecule has 2 N–H and O–H groups in total. The van der Waals surface area contributed by atoms with Crippen molar-refractivity contribution in [1.29, 1.82) is 0 Å². The molecule has 0 aromatic heterocycles. The molecule has 1 aliphatic rings. The fraction of sp³-hybridized carbons (Fsp3) is 0.409. The van der Waals surface area contributed by atoms with Gasteiger partial charge in [-0.15, -0.1) is 0 Å². The van der Waals surface area contributed by atoms with E-state index in [2.05, 4.69) is 26.9 Å². The summed E-state index contributed by atoms with van der Waals surface area (Å²) in [6, 6.07) is 14.4. The van der Waals surface area contributed by atoms with Crippen molar-refractivity contribution in [3.8, 4) is 0 Å². The molecule has 1 atom stereocenters. The number of anilines is 1. The summed E-state index contributed by atoms with van der Waals surface area (Å²) >= 11 is 0. The second kappa shape index (κ2) is 9.59. The predicted octanol–water partition coefficient (Wildman–Crippen LogP) is 2.23. The van der Waals surface area contributed by atoms with Crippen molar-refractivity contribution < 1.29 is 13.2 Å². The minimum absolute atomic E-state index is 0.147. The van der Waals surface area contributed by atoms with Crippen molar-refractivity contribution in [2.75, 3.05) is 44.7 Å². The Morgan fingerprint density at radius 1 is 1.07 bits per heavy atom. The van der Waals surface area contributed by atoms with Crippen molar-refractivity contribution >= 4 is 21.6 Å². The summed E-state index contributed by atoms with van der Waals surface area (Å²) in [5.41, 5.74) is 1.95. The van der Waals surface area contributed by atoms with Crippen molar-refractivity contribution in [1.82, 2.24) is 14.9 Å². The molecule has 0 bridgehead atoms. The number of carbonyl (C=O) groups excluding carboxylic acids is 1. The number of likely N-dealkylation sites (N-methyl/N-ethyl adjacent to an activating group) is 1. The van der Waals surface area contributed by atoms with E-state index < -0.39 is 10.0 Å².